The zero-order valence-electron chi connectivity index (χ0n) is 15.2. The first-order valence-electron chi connectivity index (χ1n) is 8.90. The number of esters is 1. The average molecular weight is 342 g/mol. The van der Waals surface area contributed by atoms with E-state index in [0.717, 1.165) is 43.6 Å². The summed E-state index contributed by atoms with van der Waals surface area (Å²) in [7, 11) is 1.40. The number of aromatic nitrogens is 3. The fourth-order valence-corrected chi connectivity index (χ4v) is 3.56. The lowest BCUT2D eigenvalue weighted by Gasteiger charge is -2.31. The van der Waals surface area contributed by atoms with Crippen LogP contribution in [0.1, 0.15) is 53.0 Å². The van der Waals surface area contributed by atoms with Crippen molar-refractivity contribution in [3.63, 3.8) is 0 Å². The molecule has 0 saturated carbocycles. The van der Waals surface area contributed by atoms with Gasteiger partial charge in [-0.25, -0.2) is 4.79 Å². The predicted molar refractivity (Wildman–Crippen MR) is 95.7 cm³/mol. The summed E-state index contributed by atoms with van der Waals surface area (Å²) in [6, 6.07) is 2.17. The number of carbonyl (C=O) groups is 1. The molecule has 1 aliphatic rings. The lowest BCUT2D eigenvalue weighted by Crippen LogP contribution is -2.34. The number of nitrogens with zero attached hydrogens (tertiary/aromatic N) is 4. The second-order valence-corrected chi connectivity index (χ2v) is 6.57. The van der Waals surface area contributed by atoms with Crippen molar-refractivity contribution >= 4 is 5.97 Å². The molecule has 0 radical (unpaired) electrons. The molecule has 1 fully saturated rings. The first-order chi connectivity index (χ1) is 12.1. The van der Waals surface area contributed by atoms with Gasteiger partial charge in [-0.15, -0.1) is 0 Å². The molecule has 0 aromatic carbocycles. The molecule has 0 atom stereocenters. The zero-order chi connectivity index (χ0) is 17.8. The Kier molecular flexibility index (Phi) is 5.48. The van der Waals surface area contributed by atoms with Gasteiger partial charge in [0.1, 0.15) is 0 Å². The maximum atomic E-state index is 11.9. The number of carbonyl (C=O) groups excluding carboxylic acids is 1. The van der Waals surface area contributed by atoms with Crippen LogP contribution in [-0.4, -0.2) is 52.4 Å². The summed E-state index contributed by atoms with van der Waals surface area (Å²) in [5, 5.41) is 4.64. The van der Waals surface area contributed by atoms with Crippen molar-refractivity contribution in [3.05, 3.63) is 47.0 Å². The van der Waals surface area contributed by atoms with Gasteiger partial charge < -0.3 is 9.64 Å². The summed E-state index contributed by atoms with van der Waals surface area (Å²) in [6.45, 7) is 7.70. The Morgan fingerprint density at radius 1 is 1.28 bits per heavy atom. The number of methoxy groups -OCH3 is 1. The number of hydrogen-bond donors (Lipinski definition) is 0. The molecule has 3 heterocycles. The van der Waals surface area contributed by atoms with Crippen LogP contribution >= 0.6 is 0 Å². The van der Waals surface area contributed by atoms with Crippen molar-refractivity contribution in [1.29, 1.82) is 0 Å². The van der Waals surface area contributed by atoms with Gasteiger partial charge in [-0.2, -0.15) is 5.10 Å². The van der Waals surface area contributed by atoms with E-state index in [2.05, 4.69) is 33.5 Å². The van der Waals surface area contributed by atoms with E-state index in [1.54, 1.807) is 18.5 Å². The minimum Gasteiger partial charge on any atom is -0.465 e. The summed E-state index contributed by atoms with van der Waals surface area (Å²) in [5.74, 6) is -0.325. The van der Waals surface area contributed by atoms with Crippen LogP contribution in [0.5, 0.6) is 0 Å². The van der Waals surface area contributed by atoms with E-state index in [-0.39, 0.29) is 5.97 Å². The van der Waals surface area contributed by atoms with Crippen LogP contribution in [0.3, 0.4) is 0 Å². The van der Waals surface area contributed by atoms with Crippen molar-refractivity contribution in [3.8, 4) is 0 Å². The third kappa shape index (κ3) is 3.74. The predicted octanol–water partition coefficient (Wildman–Crippen LogP) is 2.62. The molecule has 0 amide bonds. The van der Waals surface area contributed by atoms with Gasteiger partial charge in [0.2, 0.25) is 0 Å². The molecule has 1 aliphatic heterocycles. The largest absolute Gasteiger partial charge is 0.465 e. The third-order valence-corrected chi connectivity index (χ3v) is 5.19. The standard InChI is InChI=1S/C19H26N4O2/c1-4-22-9-6-17(7-10-22)23-14(2)15(13-21-23)11-16-12-20-8-5-18(16)19(24)25-3/h5,8,12-13,17H,4,6-7,9-11H2,1-3H3. The van der Waals surface area contributed by atoms with E-state index in [4.69, 9.17) is 4.74 Å². The van der Waals surface area contributed by atoms with Crippen molar-refractivity contribution < 1.29 is 9.53 Å². The quantitative estimate of drug-likeness (QED) is 0.782. The number of rotatable bonds is 5. The van der Waals surface area contributed by atoms with Gasteiger partial charge in [0.05, 0.1) is 24.9 Å². The Hall–Kier alpha value is -2.21. The fourth-order valence-electron chi connectivity index (χ4n) is 3.56. The average Bonchev–Trinajstić information content (AvgIpc) is 3.02. The van der Waals surface area contributed by atoms with E-state index in [1.165, 1.54) is 12.8 Å². The third-order valence-electron chi connectivity index (χ3n) is 5.19. The molecular weight excluding hydrogens is 316 g/mol. The van der Waals surface area contributed by atoms with Crippen LogP contribution in [0.15, 0.2) is 24.7 Å². The van der Waals surface area contributed by atoms with Gasteiger partial charge in [0.25, 0.3) is 0 Å². The summed E-state index contributed by atoms with van der Waals surface area (Å²) in [6.07, 6.45) is 8.19. The molecule has 25 heavy (non-hydrogen) atoms. The van der Waals surface area contributed by atoms with Crippen molar-refractivity contribution in [2.75, 3.05) is 26.7 Å². The molecule has 2 aromatic rings. The van der Waals surface area contributed by atoms with E-state index in [9.17, 15) is 4.79 Å². The Balaban J connectivity index is 1.78. The van der Waals surface area contributed by atoms with Crippen molar-refractivity contribution in [2.45, 2.75) is 39.2 Å². The second-order valence-electron chi connectivity index (χ2n) is 6.57. The molecule has 0 spiro atoms. The molecule has 134 valence electrons. The van der Waals surface area contributed by atoms with Crippen molar-refractivity contribution in [2.24, 2.45) is 0 Å². The van der Waals surface area contributed by atoms with Crippen LogP contribution in [0.25, 0.3) is 0 Å². The number of hydrogen-bond acceptors (Lipinski definition) is 5. The first kappa shape index (κ1) is 17.6. The highest BCUT2D eigenvalue weighted by atomic mass is 16.5. The van der Waals surface area contributed by atoms with Gasteiger partial charge in [0, 0.05) is 37.6 Å². The molecule has 1 saturated heterocycles. The maximum absolute atomic E-state index is 11.9. The molecule has 0 aliphatic carbocycles. The molecule has 6 nitrogen and oxygen atoms in total. The van der Waals surface area contributed by atoms with Gasteiger partial charge in [-0.1, -0.05) is 6.92 Å². The topological polar surface area (TPSA) is 60.2 Å². The van der Waals surface area contributed by atoms with Crippen LogP contribution in [0, 0.1) is 6.92 Å². The minimum atomic E-state index is -0.325. The first-order valence-corrected chi connectivity index (χ1v) is 8.90. The number of pyridine rings is 1. The van der Waals surface area contributed by atoms with Crippen LogP contribution in [-0.2, 0) is 11.2 Å². The van der Waals surface area contributed by atoms with E-state index < -0.39 is 0 Å². The SMILES string of the molecule is CCN1CCC(n2ncc(Cc3cnccc3C(=O)OC)c2C)CC1. The lowest BCUT2D eigenvalue weighted by atomic mass is 10.0. The summed E-state index contributed by atoms with van der Waals surface area (Å²) in [5.41, 5.74) is 3.75. The smallest absolute Gasteiger partial charge is 0.338 e. The Morgan fingerprint density at radius 2 is 2.04 bits per heavy atom. The number of likely N-dealkylation sites (tertiary alicyclic amines) is 1. The highest BCUT2D eigenvalue weighted by Crippen LogP contribution is 2.25. The van der Waals surface area contributed by atoms with Gasteiger partial charge in [0.15, 0.2) is 0 Å². The molecule has 2 aromatic heterocycles. The van der Waals surface area contributed by atoms with Crippen LogP contribution in [0.2, 0.25) is 0 Å². The van der Waals surface area contributed by atoms with E-state index in [1.807, 2.05) is 6.20 Å². The highest BCUT2D eigenvalue weighted by Gasteiger charge is 2.22. The maximum Gasteiger partial charge on any atom is 0.338 e. The molecular formula is C19H26N4O2. The monoisotopic (exact) mass is 342 g/mol. The lowest BCUT2D eigenvalue weighted by molar-refractivity contribution is 0.0599. The van der Waals surface area contributed by atoms with Crippen LogP contribution < -0.4 is 0 Å². The zero-order valence-corrected chi connectivity index (χ0v) is 15.2. The molecule has 6 heteroatoms. The number of ether oxygens (including phenoxy) is 1. The van der Waals surface area contributed by atoms with Crippen molar-refractivity contribution in [1.82, 2.24) is 19.7 Å². The fraction of sp³-hybridized carbons (Fsp3) is 0.526. The molecule has 0 unspecified atom stereocenters. The molecule has 3 rings (SSSR count). The Labute approximate surface area is 148 Å². The number of piperidine rings is 1. The molecule has 0 N–H and O–H groups in total. The van der Waals surface area contributed by atoms with Crippen LogP contribution in [0.4, 0.5) is 0 Å². The summed E-state index contributed by atoms with van der Waals surface area (Å²) >= 11 is 0. The summed E-state index contributed by atoms with van der Waals surface area (Å²) in [4.78, 5) is 18.6. The van der Waals surface area contributed by atoms with E-state index >= 15 is 0 Å². The Morgan fingerprint density at radius 3 is 2.72 bits per heavy atom. The minimum absolute atomic E-state index is 0.325. The van der Waals surface area contributed by atoms with E-state index in [0.29, 0.717) is 18.0 Å². The Bertz CT molecular complexity index is 733. The van der Waals surface area contributed by atoms with Gasteiger partial charge >= 0.3 is 5.97 Å². The second kappa shape index (κ2) is 7.78. The molecule has 0 bridgehead atoms. The van der Waals surface area contributed by atoms with Gasteiger partial charge in [-0.05, 0) is 43.5 Å². The van der Waals surface area contributed by atoms with Gasteiger partial charge in [-0.3, -0.25) is 9.67 Å². The highest BCUT2D eigenvalue weighted by molar-refractivity contribution is 5.90. The summed E-state index contributed by atoms with van der Waals surface area (Å²) < 4.78 is 7.04. The normalized spacial score (nSPS) is 16.1.